The molecule has 0 N–H and O–H groups in total. The summed E-state index contributed by atoms with van der Waals surface area (Å²) in [6, 6.07) is 3.15. The van der Waals surface area contributed by atoms with Crippen LogP contribution in [0.4, 0.5) is 4.39 Å². The average Bonchev–Trinajstić information content (AvgIpc) is 2.09. The van der Waals surface area contributed by atoms with Gasteiger partial charge in [-0.15, -0.1) is 0 Å². The van der Waals surface area contributed by atoms with Crippen LogP contribution in [-0.2, 0) is 0 Å². The molecule has 0 spiro atoms. The van der Waals surface area contributed by atoms with Crippen molar-refractivity contribution in [3.63, 3.8) is 0 Å². The van der Waals surface area contributed by atoms with Gasteiger partial charge in [0.25, 0.3) is 0 Å². The van der Waals surface area contributed by atoms with Crippen LogP contribution < -0.4 is 4.74 Å². The molecule has 0 amide bonds. The molecule has 0 radical (unpaired) electrons. The lowest BCUT2D eigenvalue weighted by molar-refractivity contribution is 0.272. The van der Waals surface area contributed by atoms with Gasteiger partial charge >= 0.3 is 0 Å². The van der Waals surface area contributed by atoms with Crippen molar-refractivity contribution in [3.8, 4) is 5.75 Å². The van der Waals surface area contributed by atoms with E-state index in [0.717, 1.165) is 0 Å². The van der Waals surface area contributed by atoms with Crippen molar-refractivity contribution < 1.29 is 9.13 Å². The van der Waals surface area contributed by atoms with Gasteiger partial charge in [-0.2, -0.15) is 0 Å². The van der Waals surface area contributed by atoms with E-state index in [2.05, 4.69) is 15.9 Å². The summed E-state index contributed by atoms with van der Waals surface area (Å²) in [6.45, 7) is -0.525. The molecule has 1 rings (SSSR count). The SMILES string of the molecule is FCCOc1cc(Cl)c(Cl)cc1Br. The molecule has 13 heavy (non-hydrogen) atoms. The van der Waals surface area contributed by atoms with Crippen LogP contribution in [0.2, 0.25) is 10.0 Å². The molecule has 0 aliphatic heterocycles. The number of hydrogen-bond acceptors (Lipinski definition) is 1. The van der Waals surface area contributed by atoms with Crippen molar-refractivity contribution in [3.05, 3.63) is 26.7 Å². The van der Waals surface area contributed by atoms with E-state index < -0.39 is 6.67 Å². The van der Waals surface area contributed by atoms with E-state index in [4.69, 9.17) is 27.9 Å². The molecular formula is C8H6BrCl2FO. The van der Waals surface area contributed by atoms with Gasteiger partial charge < -0.3 is 4.74 Å². The van der Waals surface area contributed by atoms with E-state index in [-0.39, 0.29) is 6.61 Å². The number of rotatable bonds is 3. The summed E-state index contributed by atoms with van der Waals surface area (Å²) in [5.74, 6) is 0.493. The molecule has 72 valence electrons. The first-order chi connectivity index (χ1) is 6.15. The topological polar surface area (TPSA) is 9.23 Å². The normalized spacial score (nSPS) is 10.2. The van der Waals surface area contributed by atoms with Crippen LogP contribution in [-0.4, -0.2) is 13.3 Å². The Kier molecular flexibility index (Phi) is 4.29. The van der Waals surface area contributed by atoms with Gasteiger partial charge in [0.1, 0.15) is 19.0 Å². The van der Waals surface area contributed by atoms with E-state index in [1.54, 1.807) is 12.1 Å². The fourth-order valence-corrected chi connectivity index (χ4v) is 1.67. The molecule has 0 aliphatic carbocycles. The first-order valence-corrected chi connectivity index (χ1v) is 5.03. The summed E-state index contributed by atoms with van der Waals surface area (Å²) in [5.41, 5.74) is 0. The predicted octanol–water partition coefficient (Wildman–Crippen LogP) is 4.10. The lowest BCUT2D eigenvalue weighted by atomic mass is 10.3. The molecule has 1 aromatic carbocycles. The minimum absolute atomic E-state index is 0.0105. The Morgan fingerprint density at radius 1 is 1.31 bits per heavy atom. The van der Waals surface area contributed by atoms with E-state index >= 15 is 0 Å². The van der Waals surface area contributed by atoms with Crippen molar-refractivity contribution >= 4 is 39.1 Å². The summed E-state index contributed by atoms with van der Waals surface area (Å²) in [4.78, 5) is 0. The van der Waals surface area contributed by atoms with Crippen molar-refractivity contribution in [1.82, 2.24) is 0 Å². The van der Waals surface area contributed by atoms with Crippen molar-refractivity contribution in [2.24, 2.45) is 0 Å². The minimum Gasteiger partial charge on any atom is -0.490 e. The van der Waals surface area contributed by atoms with Gasteiger partial charge in [-0.1, -0.05) is 23.2 Å². The van der Waals surface area contributed by atoms with E-state index in [1.807, 2.05) is 0 Å². The Hall–Kier alpha value is 0.01000. The Balaban J connectivity index is 2.88. The number of alkyl halides is 1. The third-order valence-electron chi connectivity index (χ3n) is 1.31. The van der Waals surface area contributed by atoms with Gasteiger partial charge in [0.05, 0.1) is 14.5 Å². The molecule has 0 saturated carbocycles. The second-order valence-corrected chi connectivity index (χ2v) is 3.90. The van der Waals surface area contributed by atoms with Gasteiger partial charge in [0, 0.05) is 6.07 Å². The average molecular weight is 288 g/mol. The van der Waals surface area contributed by atoms with Crippen LogP contribution in [0.5, 0.6) is 5.75 Å². The van der Waals surface area contributed by atoms with E-state index in [1.165, 1.54) is 0 Å². The standard InChI is InChI=1S/C8H6BrCl2FO/c9-5-3-6(10)7(11)4-8(5)13-2-1-12/h3-4H,1-2H2. The fourth-order valence-electron chi connectivity index (χ4n) is 0.763. The summed E-state index contributed by atoms with van der Waals surface area (Å²) in [6.07, 6.45) is 0. The summed E-state index contributed by atoms with van der Waals surface area (Å²) in [7, 11) is 0. The van der Waals surface area contributed by atoms with Gasteiger partial charge in [0.2, 0.25) is 0 Å². The Morgan fingerprint density at radius 2 is 1.92 bits per heavy atom. The first-order valence-electron chi connectivity index (χ1n) is 3.48. The van der Waals surface area contributed by atoms with Crippen LogP contribution >= 0.6 is 39.1 Å². The number of halogens is 4. The number of hydrogen-bond donors (Lipinski definition) is 0. The molecule has 0 aromatic heterocycles. The molecule has 5 heteroatoms. The van der Waals surface area contributed by atoms with Crippen molar-refractivity contribution in [1.29, 1.82) is 0 Å². The summed E-state index contributed by atoms with van der Waals surface area (Å²) >= 11 is 14.7. The number of benzene rings is 1. The van der Waals surface area contributed by atoms with Crippen molar-refractivity contribution in [2.45, 2.75) is 0 Å². The molecular weight excluding hydrogens is 282 g/mol. The molecule has 0 bridgehead atoms. The summed E-state index contributed by atoms with van der Waals surface area (Å²) in [5, 5.41) is 0.819. The second kappa shape index (κ2) is 5.03. The van der Waals surface area contributed by atoms with Crippen LogP contribution in [0.25, 0.3) is 0 Å². The highest BCUT2D eigenvalue weighted by Crippen LogP contribution is 2.33. The molecule has 1 aromatic rings. The lowest BCUT2D eigenvalue weighted by Crippen LogP contribution is -1.99. The molecule has 0 atom stereocenters. The fraction of sp³-hybridized carbons (Fsp3) is 0.250. The molecule has 0 heterocycles. The van der Waals surface area contributed by atoms with Crippen molar-refractivity contribution in [2.75, 3.05) is 13.3 Å². The molecule has 0 fully saturated rings. The largest absolute Gasteiger partial charge is 0.490 e. The molecule has 1 nitrogen and oxygen atoms in total. The monoisotopic (exact) mass is 286 g/mol. The minimum atomic E-state index is -0.535. The first kappa shape index (κ1) is 11.1. The Labute approximate surface area is 93.9 Å². The molecule has 0 unspecified atom stereocenters. The third kappa shape index (κ3) is 3.01. The highest BCUT2D eigenvalue weighted by Gasteiger charge is 2.06. The highest BCUT2D eigenvalue weighted by atomic mass is 79.9. The smallest absolute Gasteiger partial charge is 0.135 e. The maximum atomic E-state index is 11.8. The van der Waals surface area contributed by atoms with E-state index in [9.17, 15) is 4.39 Å². The number of ether oxygens (including phenoxy) is 1. The zero-order chi connectivity index (χ0) is 9.84. The van der Waals surface area contributed by atoms with Crippen LogP contribution in [0.3, 0.4) is 0 Å². The van der Waals surface area contributed by atoms with Crippen LogP contribution in [0.15, 0.2) is 16.6 Å². The lowest BCUT2D eigenvalue weighted by Gasteiger charge is -2.07. The second-order valence-electron chi connectivity index (χ2n) is 2.23. The Bertz CT molecular complexity index is 306. The van der Waals surface area contributed by atoms with Crippen LogP contribution in [0.1, 0.15) is 0 Å². The zero-order valence-electron chi connectivity index (χ0n) is 6.49. The van der Waals surface area contributed by atoms with E-state index in [0.29, 0.717) is 20.3 Å². The molecule has 0 aliphatic rings. The predicted molar refractivity (Wildman–Crippen MR) is 55.6 cm³/mol. The highest BCUT2D eigenvalue weighted by molar-refractivity contribution is 9.10. The maximum absolute atomic E-state index is 11.8. The molecule has 0 saturated heterocycles. The van der Waals surface area contributed by atoms with Crippen LogP contribution in [0, 0.1) is 0 Å². The summed E-state index contributed by atoms with van der Waals surface area (Å²) < 4.78 is 17.5. The third-order valence-corrected chi connectivity index (χ3v) is 2.65. The van der Waals surface area contributed by atoms with Gasteiger partial charge in [0.15, 0.2) is 0 Å². The van der Waals surface area contributed by atoms with Gasteiger partial charge in [-0.3, -0.25) is 0 Å². The quantitative estimate of drug-likeness (QED) is 0.761. The maximum Gasteiger partial charge on any atom is 0.135 e. The Morgan fingerprint density at radius 3 is 2.54 bits per heavy atom. The zero-order valence-corrected chi connectivity index (χ0v) is 9.59. The van der Waals surface area contributed by atoms with Gasteiger partial charge in [-0.25, -0.2) is 4.39 Å². The van der Waals surface area contributed by atoms with Gasteiger partial charge in [-0.05, 0) is 22.0 Å².